The van der Waals surface area contributed by atoms with Gasteiger partial charge in [0.05, 0.1) is 12.3 Å². The smallest absolute Gasteiger partial charge is 0.190 e. The number of rotatable bonds is 3. The van der Waals surface area contributed by atoms with Crippen molar-refractivity contribution in [3.05, 3.63) is 24.0 Å². The predicted octanol–water partition coefficient (Wildman–Crippen LogP) is 3.03. The Morgan fingerprint density at radius 3 is 2.43 bits per heavy atom. The maximum absolute atomic E-state index is 11.6. The van der Waals surface area contributed by atoms with E-state index in [-0.39, 0.29) is 18.5 Å². The van der Waals surface area contributed by atoms with Gasteiger partial charge in [-0.15, -0.1) is 0 Å². The second-order valence-corrected chi connectivity index (χ2v) is 4.17. The lowest BCUT2D eigenvalue weighted by atomic mass is 9.97. The van der Waals surface area contributed by atoms with Gasteiger partial charge in [-0.3, -0.25) is 4.94 Å². The van der Waals surface area contributed by atoms with Crippen LogP contribution in [0.15, 0.2) is 18.3 Å². The number of nitrogens with zero attached hydrogens (tertiary/aromatic N) is 1. The van der Waals surface area contributed by atoms with Crippen LogP contribution in [-0.2, 0) is 0 Å². The molecule has 1 fully saturated rings. The summed E-state index contributed by atoms with van der Waals surface area (Å²) >= 11 is 0. The van der Waals surface area contributed by atoms with Crippen LogP contribution in [-0.4, -0.2) is 27.9 Å². The van der Waals surface area contributed by atoms with Crippen LogP contribution >= 0.6 is 0 Å². The topological polar surface area (TPSA) is 62.6 Å². The molecule has 1 aromatic rings. The molecule has 1 aliphatic carbocycles. The van der Waals surface area contributed by atoms with E-state index < -0.39 is 0 Å². The second-order valence-electron chi connectivity index (χ2n) is 4.17. The van der Waals surface area contributed by atoms with E-state index in [1.54, 1.807) is 6.07 Å². The molecule has 0 unspecified atom stereocenters. The van der Waals surface area contributed by atoms with Gasteiger partial charge < -0.3 is 10.2 Å². The molecule has 0 amide bonds. The van der Waals surface area contributed by atoms with Gasteiger partial charge in [-0.25, -0.2) is 4.98 Å². The number of hydrogen-bond acceptors (Lipinski definition) is 4. The van der Waals surface area contributed by atoms with Crippen LogP contribution in [0.4, 0.5) is 4.53 Å². The number of aromatic nitrogens is 1. The van der Waals surface area contributed by atoms with Crippen molar-refractivity contribution in [2.75, 3.05) is 6.61 Å². The minimum atomic E-state index is 0.0610. The van der Waals surface area contributed by atoms with E-state index in [9.17, 15) is 4.53 Å². The molecular formula is C16H24FNO3. The lowest BCUT2D eigenvalue weighted by molar-refractivity contribution is -0.00664. The number of aliphatic hydroxyl groups is 2. The van der Waals surface area contributed by atoms with Crippen LogP contribution in [0.5, 0.6) is 5.75 Å². The molecule has 0 radical (unpaired) electrons. The molecule has 0 spiro atoms. The van der Waals surface area contributed by atoms with Crippen LogP contribution < -0.4 is 4.94 Å². The Morgan fingerprint density at radius 2 is 2.05 bits per heavy atom. The lowest BCUT2D eigenvalue weighted by Gasteiger charge is -2.17. The summed E-state index contributed by atoms with van der Waals surface area (Å²) < 4.78 is 11.6. The first-order valence-corrected chi connectivity index (χ1v) is 7.28. The Kier molecular flexibility index (Phi) is 12.3. The molecule has 21 heavy (non-hydrogen) atoms. The number of halogens is 1. The normalized spacial score (nSPS) is 12.4. The third-order valence-corrected chi connectivity index (χ3v) is 2.58. The Labute approximate surface area is 125 Å². The Hall–Kier alpha value is -1.64. The quantitative estimate of drug-likeness (QED) is 0.665. The second kappa shape index (κ2) is 13.3. The molecule has 2 N–H and O–H groups in total. The maximum Gasteiger partial charge on any atom is 0.190 e. The van der Waals surface area contributed by atoms with Crippen molar-refractivity contribution in [3.63, 3.8) is 0 Å². The summed E-state index contributed by atoms with van der Waals surface area (Å²) in [4.78, 5) is 7.31. The van der Waals surface area contributed by atoms with Gasteiger partial charge in [0.15, 0.2) is 5.75 Å². The largest absolute Gasteiger partial charge is 0.396 e. The molecule has 0 aliphatic heterocycles. The van der Waals surface area contributed by atoms with Crippen LogP contribution in [0.3, 0.4) is 0 Å². The van der Waals surface area contributed by atoms with E-state index in [0.717, 1.165) is 12.8 Å². The fourth-order valence-electron chi connectivity index (χ4n) is 1.21. The monoisotopic (exact) mass is 297 g/mol. The summed E-state index contributed by atoms with van der Waals surface area (Å²) in [6, 6.07) is 3.02. The fraction of sp³-hybridized carbons (Fsp3) is 0.562. The Balaban J connectivity index is 0.000000473. The predicted molar refractivity (Wildman–Crippen MR) is 80.4 cm³/mol. The van der Waals surface area contributed by atoms with Gasteiger partial charge in [-0.2, -0.15) is 0 Å². The molecule has 1 aromatic heterocycles. The van der Waals surface area contributed by atoms with Crippen molar-refractivity contribution < 1.29 is 19.7 Å². The molecule has 2 rings (SSSR count). The van der Waals surface area contributed by atoms with E-state index in [4.69, 9.17) is 10.2 Å². The van der Waals surface area contributed by atoms with Crippen molar-refractivity contribution in [3.8, 4) is 17.6 Å². The van der Waals surface area contributed by atoms with Crippen LogP contribution in [0.2, 0.25) is 0 Å². The standard InChI is InChI=1S/C10H10FNO2.C4H8O.C2H6/c11-14-10-6-5-9(12-8-10)4-2-1-3-7-13;5-4-2-1-3-4;1-2/h5-6,8,13H,1,3,7H2;4-5H,1-3H2;1-2H3. The van der Waals surface area contributed by atoms with Crippen molar-refractivity contribution in [2.24, 2.45) is 0 Å². The molecule has 1 saturated carbocycles. The minimum absolute atomic E-state index is 0.0610. The maximum atomic E-state index is 11.6. The molecule has 0 saturated heterocycles. The van der Waals surface area contributed by atoms with Gasteiger partial charge in [-0.05, 0) is 43.7 Å². The highest BCUT2D eigenvalue weighted by molar-refractivity contribution is 5.30. The Morgan fingerprint density at radius 1 is 1.38 bits per heavy atom. The van der Waals surface area contributed by atoms with Crippen molar-refractivity contribution >= 4 is 0 Å². The summed E-state index contributed by atoms with van der Waals surface area (Å²) in [7, 11) is 0. The van der Waals surface area contributed by atoms with Crippen LogP contribution in [0.25, 0.3) is 0 Å². The van der Waals surface area contributed by atoms with Crippen molar-refractivity contribution in [1.29, 1.82) is 0 Å². The third kappa shape index (κ3) is 9.83. The van der Waals surface area contributed by atoms with Crippen LogP contribution in [0, 0.1) is 11.8 Å². The first-order valence-electron chi connectivity index (χ1n) is 7.28. The van der Waals surface area contributed by atoms with E-state index in [2.05, 4.69) is 21.8 Å². The zero-order valence-corrected chi connectivity index (χ0v) is 12.7. The first kappa shape index (κ1) is 19.4. The third-order valence-electron chi connectivity index (χ3n) is 2.58. The van der Waals surface area contributed by atoms with Gasteiger partial charge in [0, 0.05) is 17.6 Å². The zero-order valence-electron chi connectivity index (χ0n) is 12.7. The van der Waals surface area contributed by atoms with E-state index >= 15 is 0 Å². The summed E-state index contributed by atoms with van der Waals surface area (Å²) in [6.07, 6.45) is 5.92. The summed E-state index contributed by atoms with van der Waals surface area (Å²) in [6.45, 7) is 4.14. The molecule has 1 heterocycles. The molecule has 4 nitrogen and oxygen atoms in total. The molecule has 118 valence electrons. The Bertz CT molecular complexity index is 408. The number of hydrogen-bond donors (Lipinski definition) is 2. The van der Waals surface area contributed by atoms with Gasteiger partial charge in [0.2, 0.25) is 0 Å². The zero-order chi connectivity index (χ0) is 15.9. The van der Waals surface area contributed by atoms with Crippen molar-refractivity contribution in [2.45, 2.75) is 52.1 Å². The van der Waals surface area contributed by atoms with Gasteiger partial charge in [0.25, 0.3) is 0 Å². The summed E-state index contributed by atoms with van der Waals surface area (Å²) in [5, 5.41) is 16.9. The average molecular weight is 297 g/mol. The highest BCUT2D eigenvalue weighted by Crippen LogP contribution is 2.16. The van der Waals surface area contributed by atoms with Crippen LogP contribution in [0.1, 0.15) is 51.6 Å². The van der Waals surface area contributed by atoms with E-state index in [1.165, 1.54) is 18.7 Å². The molecule has 0 aromatic carbocycles. The molecule has 0 atom stereocenters. The van der Waals surface area contributed by atoms with E-state index in [0.29, 0.717) is 18.5 Å². The first-order chi connectivity index (χ1) is 10.3. The lowest BCUT2D eigenvalue weighted by Crippen LogP contribution is -2.15. The van der Waals surface area contributed by atoms with E-state index in [1.807, 2.05) is 13.8 Å². The molecule has 1 aliphatic rings. The van der Waals surface area contributed by atoms with Crippen molar-refractivity contribution in [1.82, 2.24) is 4.98 Å². The summed E-state index contributed by atoms with van der Waals surface area (Å²) in [5.74, 6) is 5.67. The molecule has 0 bridgehead atoms. The molecule has 5 heteroatoms. The number of pyridine rings is 1. The van der Waals surface area contributed by atoms with Gasteiger partial charge >= 0.3 is 0 Å². The fourth-order valence-corrected chi connectivity index (χ4v) is 1.21. The number of aliphatic hydroxyl groups excluding tert-OH is 2. The highest BCUT2D eigenvalue weighted by Gasteiger charge is 2.11. The highest BCUT2D eigenvalue weighted by atomic mass is 19.3. The molecular weight excluding hydrogens is 273 g/mol. The number of unbranched alkanes of at least 4 members (excludes halogenated alkanes) is 1. The summed E-state index contributed by atoms with van der Waals surface area (Å²) in [5.41, 5.74) is 0.559. The van der Waals surface area contributed by atoms with Gasteiger partial charge in [-0.1, -0.05) is 19.8 Å². The van der Waals surface area contributed by atoms with Gasteiger partial charge in [0.1, 0.15) is 5.69 Å². The average Bonchev–Trinajstić information content (AvgIpc) is 2.53. The SMILES string of the molecule is CC.OC1CCC1.OCCCC#Cc1ccc(OF)cn1. The minimum Gasteiger partial charge on any atom is -0.396 e.